The lowest BCUT2D eigenvalue weighted by Crippen LogP contribution is -2.37. The van der Waals surface area contributed by atoms with Gasteiger partial charge in [-0.3, -0.25) is 4.98 Å². The number of carboxylic acid groups (broad SMARTS) is 1. The van der Waals surface area contributed by atoms with E-state index in [1.165, 1.54) is 16.6 Å². The summed E-state index contributed by atoms with van der Waals surface area (Å²) in [6.07, 6.45) is 1.85. The molecule has 0 bridgehead atoms. The number of benzene rings is 1. The monoisotopic (exact) mass is 374 g/mol. The van der Waals surface area contributed by atoms with E-state index in [4.69, 9.17) is 0 Å². The molecule has 2 heterocycles. The topological polar surface area (TPSA) is 87.6 Å². The van der Waals surface area contributed by atoms with E-state index in [2.05, 4.69) is 25.8 Å². The van der Waals surface area contributed by atoms with Gasteiger partial charge in [-0.05, 0) is 29.2 Å². The first-order valence-corrected chi connectivity index (χ1v) is 9.85. The van der Waals surface area contributed by atoms with Gasteiger partial charge in [0, 0.05) is 37.0 Å². The fourth-order valence-electron chi connectivity index (χ4n) is 3.10. The van der Waals surface area contributed by atoms with Crippen molar-refractivity contribution in [3.63, 3.8) is 0 Å². The molecule has 6 nitrogen and oxygen atoms in total. The van der Waals surface area contributed by atoms with Crippen LogP contribution in [0.1, 0.15) is 48.0 Å². The first-order valence-electron chi connectivity index (χ1n) is 8.41. The lowest BCUT2D eigenvalue weighted by Gasteiger charge is -2.28. The summed E-state index contributed by atoms with van der Waals surface area (Å²) in [6, 6.07) is 8.30. The molecule has 1 aliphatic heterocycles. The van der Waals surface area contributed by atoms with E-state index in [9.17, 15) is 18.3 Å². The molecule has 0 aliphatic carbocycles. The molecule has 138 valence electrons. The SMILES string of the molecule is CC(C)(C)c1ccc(S(=O)(=O)N2CCc3nccc(C(=O)O)c3C2)cc1. The Morgan fingerprint density at radius 2 is 1.81 bits per heavy atom. The van der Waals surface area contributed by atoms with Gasteiger partial charge < -0.3 is 5.11 Å². The molecule has 0 amide bonds. The third kappa shape index (κ3) is 3.37. The quantitative estimate of drug-likeness (QED) is 0.893. The molecule has 1 aliphatic rings. The van der Waals surface area contributed by atoms with E-state index < -0.39 is 16.0 Å². The summed E-state index contributed by atoms with van der Waals surface area (Å²) in [7, 11) is -3.70. The highest BCUT2D eigenvalue weighted by atomic mass is 32.2. The largest absolute Gasteiger partial charge is 0.478 e. The average molecular weight is 374 g/mol. The van der Waals surface area contributed by atoms with Crippen LogP contribution in [0.15, 0.2) is 41.4 Å². The number of hydrogen-bond donors (Lipinski definition) is 1. The van der Waals surface area contributed by atoms with Gasteiger partial charge in [0.25, 0.3) is 0 Å². The molecule has 0 unspecified atom stereocenters. The van der Waals surface area contributed by atoms with Gasteiger partial charge in [0.15, 0.2) is 0 Å². The number of fused-ring (bicyclic) bond motifs is 1. The number of carbonyl (C=O) groups is 1. The van der Waals surface area contributed by atoms with Crippen molar-refractivity contribution in [2.45, 2.75) is 44.0 Å². The first-order chi connectivity index (χ1) is 12.1. The zero-order valence-corrected chi connectivity index (χ0v) is 15.9. The van der Waals surface area contributed by atoms with Crippen molar-refractivity contribution < 1.29 is 18.3 Å². The molecule has 1 aromatic carbocycles. The molecule has 1 N–H and O–H groups in total. The summed E-state index contributed by atoms with van der Waals surface area (Å²) in [6.45, 7) is 6.51. The smallest absolute Gasteiger partial charge is 0.336 e. The van der Waals surface area contributed by atoms with Crippen LogP contribution in [0.2, 0.25) is 0 Å². The Morgan fingerprint density at radius 3 is 2.38 bits per heavy atom. The summed E-state index contributed by atoms with van der Waals surface area (Å²) in [5.41, 5.74) is 2.23. The Hall–Kier alpha value is -2.25. The summed E-state index contributed by atoms with van der Waals surface area (Å²) in [5, 5.41) is 9.36. The zero-order chi connectivity index (χ0) is 19.1. The molecular formula is C19H22N2O4S. The predicted octanol–water partition coefficient (Wildman–Crippen LogP) is 2.82. The first kappa shape index (κ1) is 18.5. The average Bonchev–Trinajstić information content (AvgIpc) is 2.60. The maximum absolute atomic E-state index is 13.0. The zero-order valence-electron chi connectivity index (χ0n) is 15.1. The van der Waals surface area contributed by atoms with Crippen molar-refractivity contribution in [1.82, 2.24) is 9.29 Å². The van der Waals surface area contributed by atoms with Crippen LogP contribution < -0.4 is 0 Å². The van der Waals surface area contributed by atoms with Gasteiger partial charge in [-0.2, -0.15) is 4.31 Å². The van der Waals surface area contributed by atoms with Crippen LogP contribution in [0, 0.1) is 0 Å². The number of sulfonamides is 1. The number of nitrogens with zero attached hydrogens (tertiary/aromatic N) is 2. The van der Waals surface area contributed by atoms with Gasteiger partial charge in [-0.15, -0.1) is 0 Å². The maximum atomic E-state index is 13.0. The molecule has 0 spiro atoms. The molecule has 0 saturated carbocycles. The molecular weight excluding hydrogens is 352 g/mol. The standard InChI is InChI=1S/C19H22N2O4S/c1-19(2,3)13-4-6-14(7-5-13)26(24,25)21-11-9-17-16(12-21)15(18(22)23)8-10-20-17/h4-8,10H,9,11-12H2,1-3H3,(H,22,23). The van der Waals surface area contributed by atoms with Crippen LogP contribution in [0.5, 0.6) is 0 Å². The minimum Gasteiger partial charge on any atom is -0.478 e. The Morgan fingerprint density at radius 1 is 1.15 bits per heavy atom. The van der Waals surface area contributed by atoms with Crippen LogP contribution in [0.25, 0.3) is 0 Å². The van der Waals surface area contributed by atoms with Gasteiger partial charge in [0.05, 0.1) is 10.5 Å². The highest BCUT2D eigenvalue weighted by Gasteiger charge is 2.31. The van der Waals surface area contributed by atoms with Gasteiger partial charge in [-0.1, -0.05) is 32.9 Å². The molecule has 0 fully saturated rings. The molecule has 26 heavy (non-hydrogen) atoms. The fourth-order valence-corrected chi connectivity index (χ4v) is 4.50. The van der Waals surface area contributed by atoms with E-state index in [0.717, 1.165) is 5.56 Å². The number of carboxylic acids is 1. The summed E-state index contributed by atoms with van der Waals surface area (Å²) in [4.78, 5) is 15.9. The number of rotatable bonds is 3. The van der Waals surface area contributed by atoms with Crippen LogP contribution >= 0.6 is 0 Å². The molecule has 3 rings (SSSR count). The van der Waals surface area contributed by atoms with E-state index in [1.54, 1.807) is 12.1 Å². The van der Waals surface area contributed by atoms with E-state index >= 15 is 0 Å². The highest BCUT2D eigenvalue weighted by molar-refractivity contribution is 7.89. The number of aromatic carboxylic acids is 1. The van der Waals surface area contributed by atoms with Crippen molar-refractivity contribution in [1.29, 1.82) is 0 Å². The van der Waals surface area contributed by atoms with Crippen LogP contribution in [0.3, 0.4) is 0 Å². The van der Waals surface area contributed by atoms with Crippen LogP contribution in [0.4, 0.5) is 0 Å². The third-order valence-corrected chi connectivity index (χ3v) is 6.53. The summed E-state index contributed by atoms with van der Waals surface area (Å²) >= 11 is 0. The molecule has 0 atom stereocenters. The predicted molar refractivity (Wildman–Crippen MR) is 97.6 cm³/mol. The van der Waals surface area contributed by atoms with Crippen LogP contribution in [-0.2, 0) is 28.4 Å². The van der Waals surface area contributed by atoms with Gasteiger partial charge >= 0.3 is 5.97 Å². The second-order valence-electron chi connectivity index (χ2n) is 7.45. The second-order valence-corrected chi connectivity index (χ2v) is 9.39. The van der Waals surface area contributed by atoms with Crippen molar-refractivity contribution >= 4 is 16.0 Å². The Balaban J connectivity index is 1.93. The van der Waals surface area contributed by atoms with Crippen molar-refractivity contribution in [3.05, 3.63) is 58.9 Å². The summed E-state index contributed by atoms with van der Waals surface area (Å²) < 4.78 is 27.3. The van der Waals surface area contributed by atoms with E-state index in [-0.39, 0.29) is 29.0 Å². The Labute approximate surface area is 153 Å². The van der Waals surface area contributed by atoms with Crippen LogP contribution in [-0.4, -0.2) is 35.3 Å². The highest BCUT2D eigenvalue weighted by Crippen LogP contribution is 2.28. The van der Waals surface area contributed by atoms with E-state index in [1.807, 2.05) is 12.1 Å². The number of hydrogen-bond acceptors (Lipinski definition) is 4. The van der Waals surface area contributed by atoms with Crippen molar-refractivity contribution in [2.24, 2.45) is 0 Å². The van der Waals surface area contributed by atoms with Crippen molar-refractivity contribution in [3.8, 4) is 0 Å². The number of pyridine rings is 1. The lowest BCUT2D eigenvalue weighted by atomic mass is 9.87. The van der Waals surface area contributed by atoms with Gasteiger partial charge in [0.1, 0.15) is 0 Å². The van der Waals surface area contributed by atoms with Gasteiger partial charge in [0.2, 0.25) is 10.0 Å². The molecule has 1 aromatic heterocycles. The Bertz CT molecular complexity index is 944. The molecule has 0 radical (unpaired) electrons. The van der Waals surface area contributed by atoms with E-state index in [0.29, 0.717) is 17.7 Å². The maximum Gasteiger partial charge on any atom is 0.336 e. The molecule has 2 aromatic rings. The number of aromatic nitrogens is 1. The lowest BCUT2D eigenvalue weighted by molar-refractivity contribution is 0.0694. The van der Waals surface area contributed by atoms with Crippen molar-refractivity contribution in [2.75, 3.05) is 6.54 Å². The molecule has 0 saturated heterocycles. The fraction of sp³-hybridized carbons (Fsp3) is 0.368. The normalized spacial score (nSPS) is 15.5. The van der Waals surface area contributed by atoms with Gasteiger partial charge in [-0.25, -0.2) is 13.2 Å². The second kappa shape index (κ2) is 6.48. The third-order valence-electron chi connectivity index (χ3n) is 4.67. The Kier molecular flexibility index (Phi) is 4.62. The molecule has 7 heteroatoms. The minimum absolute atomic E-state index is 0.0220. The summed E-state index contributed by atoms with van der Waals surface area (Å²) in [5.74, 6) is -1.07. The minimum atomic E-state index is -3.70.